The molecule has 0 spiro atoms. The lowest BCUT2D eigenvalue weighted by Crippen LogP contribution is -2.04. The molecule has 2 aromatic carbocycles. The number of sulfone groups is 1. The van der Waals surface area contributed by atoms with E-state index in [2.05, 4.69) is 3.77 Å². The van der Waals surface area contributed by atoms with Crippen molar-refractivity contribution in [2.45, 2.75) is 18.9 Å². The SMILES string of the molecule is C[S@@](=O)(=NS(=O)(=O)c1cc(S(=O)(=O)c2ccccc2)cs1)c1ccc(Cl)cc1. The molecule has 0 unspecified atom stereocenters. The lowest BCUT2D eigenvalue weighted by molar-refractivity contribution is 0.596. The molecule has 1 atom stereocenters. The van der Waals surface area contributed by atoms with Gasteiger partial charge < -0.3 is 0 Å². The van der Waals surface area contributed by atoms with Gasteiger partial charge >= 0.3 is 0 Å². The third-order valence-electron chi connectivity index (χ3n) is 3.66. The summed E-state index contributed by atoms with van der Waals surface area (Å²) < 4.78 is 66.5. The first-order valence-electron chi connectivity index (χ1n) is 7.65. The van der Waals surface area contributed by atoms with E-state index >= 15 is 0 Å². The van der Waals surface area contributed by atoms with Gasteiger partial charge in [-0.2, -0.15) is 8.42 Å². The molecule has 0 aliphatic rings. The highest BCUT2D eigenvalue weighted by Gasteiger charge is 2.25. The van der Waals surface area contributed by atoms with Crippen LogP contribution in [0, 0.1) is 0 Å². The summed E-state index contributed by atoms with van der Waals surface area (Å²) >= 11 is 6.50. The van der Waals surface area contributed by atoms with Crippen LogP contribution in [-0.4, -0.2) is 27.3 Å². The van der Waals surface area contributed by atoms with E-state index in [4.69, 9.17) is 11.6 Å². The zero-order valence-corrected chi connectivity index (χ0v) is 18.4. The Labute approximate surface area is 173 Å². The van der Waals surface area contributed by atoms with Crippen molar-refractivity contribution in [2.75, 3.05) is 6.26 Å². The van der Waals surface area contributed by atoms with Gasteiger partial charge in [-0.1, -0.05) is 29.8 Å². The van der Waals surface area contributed by atoms with Crippen LogP contribution in [0.25, 0.3) is 0 Å². The van der Waals surface area contributed by atoms with Crippen molar-refractivity contribution in [2.24, 2.45) is 3.77 Å². The van der Waals surface area contributed by atoms with Crippen molar-refractivity contribution in [1.82, 2.24) is 0 Å². The van der Waals surface area contributed by atoms with Gasteiger partial charge in [-0.3, -0.25) is 0 Å². The summed E-state index contributed by atoms with van der Waals surface area (Å²) in [5, 5.41) is 1.64. The van der Waals surface area contributed by atoms with Crippen molar-refractivity contribution in [1.29, 1.82) is 0 Å². The van der Waals surface area contributed by atoms with Gasteiger partial charge in [0.05, 0.1) is 19.5 Å². The van der Waals surface area contributed by atoms with Gasteiger partial charge in [0, 0.05) is 21.6 Å². The van der Waals surface area contributed by atoms with E-state index in [9.17, 15) is 21.0 Å². The number of hydrogen-bond donors (Lipinski definition) is 0. The molecule has 3 aromatic rings. The minimum atomic E-state index is -4.33. The van der Waals surface area contributed by atoms with Crippen molar-refractivity contribution < 1.29 is 21.0 Å². The largest absolute Gasteiger partial charge is 0.299 e. The van der Waals surface area contributed by atoms with Crippen LogP contribution in [0.3, 0.4) is 0 Å². The molecule has 0 bridgehead atoms. The molecule has 11 heteroatoms. The van der Waals surface area contributed by atoms with E-state index in [1.807, 2.05) is 0 Å². The Balaban J connectivity index is 2.03. The highest BCUT2D eigenvalue weighted by molar-refractivity contribution is 8.03. The summed E-state index contributed by atoms with van der Waals surface area (Å²) in [6, 6.07) is 14.5. The van der Waals surface area contributed by atoms with E-state index in [0.717, 1.165) is 6.07 Å². The second-order valence-corrected chi connectivity index (χ2v) is 13.3. The van der Waals surface area contributed by atoms with E-state index in [1.54, 1.807) is 18.2 Å². The molecule has 0 amide bonds. The summed E-state index contributed by atoms with van der Waals surface area (Å²) in [7, 11) is -11.5. The maximum Gasteiger partial charge on any atom is 0.299 e. The van der Waals surface area contributed by atoms with E-state index in [-0.39, 0.29) is 18.9 Å². The first-order valence-corrected chi connectivity index (χ1v) is 13.8. The van der Waals surface area contributed by atoms with Crippen molar-refractivity contribution >= 4 is 52.5 Å². The molecule has 0 saturated heterocycles. The molecule has 1 heterocycles. The summed E-state index contributed by atoms with van der Waals surface area (Å²) in [4.78, 5) is 0.0925. The van der Waals surface area contributed by atoms with Gasteiger partial charge in [0.2, 0.25) is 9.84 Å². The minimum Gasteiger partial charge on any atom is -0.244 e. The van der Waals surface area contributed by atoms with Crippen LogP contribution in [-0.2, 0) is 29.6 Å². The normalized spacial score (nSPS) is 14.4. The predicted molar refractivity (Wildman–Crippen MR) is 110 cm³/mol. The van der Waals surface area contributed by atoms with Gasteiger partial charge in [0.15, 0.2) is 0 Å². The first kappa shape index (κ1) is 21.0. The Bertz CT molecular complexity index is 1340. The Morgan fingerprint density at radius 2 is 1.43 bits per heavy atom. The van der Waals surface area contributed by atoms with Crippen LogP contribution < -0.4 is 0 Å². The minimum absolute atomic E-state index is 0.0501. The highest BCUT2D eigenvalue weighted by atomic mass is 35.5. The number of benzene rings is 2. The summed E-state index contributed by atoms with van der Waals surface area (Å²) in [6.07, 6.45) is 1.20. The van der Waals surface area contributed by atoms with Gasteiger partial charge in [0.25, 0.3) is 10.0 Å². The van der Waals surface area contributed by atoms with E-state index in [0.29, 0.717) is 16.4 Å². The standard InChI is InChI=1S/C17H14ClNO5S4/c1-26(20,14-9-7-13(18)8-10-14)19-28(23,24)17-11-16(12-25-17)27(21,22)15-5-3-2-4-6-15/h2-12H,1H3/t26-/m0/s1. The van der Waals surface area contributed by atoms with E-state index < -0.39 is 29.6 Å². The maximum atomic E-state index is 12.8. The number of hydrogen-bond acceptors (Lipinski definition) is 6. The number of nitrogens with zero attached hydrogens (tertiary/aromatic N) is 1. The molecule has 3 rings (SSSR count). The van der Waals surface area contributed by atoms with Gasteiger partial charge in [-0.15, -0.1) is 15.1 Å². The molecular formula is C17H14ClNO5S4. The third-order valence-corrected chi connectivity index (χ3v) is 11.1. The quantitative estimate of drug-likeness (QED) is 0.553. The lowest BCUT2D eigenvalue weighted by Gasteiger charge is -2.04. The molecule has 6 nitrogen and oxygen atoms in total. The van der Waals surface area contributed by atoms with Gasteiger partial charge in [-0.25, -0.2) is 12.6 Å². The maximum absolute atomic E-state index is 12.8. The van der Waals surface area contributed by atoms with Crippen LogP contribution in [0.2, 0.25) is 5.02 Å². The van der Waals surface area contributed by atoms with Crippen LogP contribution in [0.15, 0.2) is 88.7 Å². The monoisotopic (exact) mass is 475 g/mol. The molecule has 0 radical (unpaired) electrons. The van der Waals surface area contributed by atoms with Crippen LogP contribution >= 0.6 is 22.9 Å². The Morgan fingerprint density at radius 3 is 2.04 bits per heavy atom. The number of sulfonamides is 1. The molecule has 0 saturated carbocycles. The molecule has 28 heavy (non-hydrogen) atoms. The molecular weight excluding hydrogens is 462 g/mol. The Morgan fingerprint density at radius 1 is 0.821 bits per heavy atom. The Hall–Kier alpha value is -1.72. The lowest BCUT2D eigenvalue weighted by atomic mass is 10.4. The fourth-order valence-corrected chi connectivity index (χ4v) is 8.71. The van der Waals surface area contributed by atoms with Gasteiger partial charge in [0.1, 0.15) is 4.21 Å². The smallest absolute Gasteiger partial charge is 0.244 e. The Kier molecular flexibility index (Phi) is 5.70. The second-order valence-electron chi connectivity index (χ2n) is 5.72. The fourth-order valence-electron chi connectivity index (χ4n) is 2.27. The van der Waals surface area contributed by atoms with Gasteiger partial charge in [-0.05, 0) is 42.5 Å². The molecule has 0 aliphatic carbocycles. The van der Waals surface area contributed by atoms with Crippen LogP contribution in [0.5, 0.6) is 0 Å². The van der Waals surface area contributed by atoms with Crippen LogP contribution in [0.4, 0.5) is 0 Å². The van der Waals surface area contributed by atoms with Crippen LogP contribution in [0.1, 0.15) is 0 Å². The fraction of sp³-hybridized carbons (Fsp3) is 0.0588. The van der Waals surface area contributed by atoms with Crippen molar-refractivity contribution in [3.8, 4) is 0 Å². The molecule has 1 aromatic heterocycles. The predicted octanol–water partition coefficient (Wildman–Crippen LogP) is 4.08. The first-order chi connectivity index (χ1) is 13.0. The summed E-state index contributed by atoms with van der Waals surface area (Å²) in [5.74, 6) is 0. The number of rotatable bonds is 5. The zero-order chi connectivity index (χ0) is 20.6. The van der Waals surface area contributed by atoms with Crippen molar-refractivity contribution in [3.63, 3.8) is 0 Å². The average molecular weight is 476 g/mol. The number of halogens is 1. The third kappa shape index (κ3) is 4.31. The molecule has 0 N–H and O–H groups in total. The highest BCUT2D eigenvalue weighted by Crippen LogP contribution is 2.30. The second kappa shape index (κ2) is 7.60. The topological polar surface area (TPSA) is 97.7 Å². The summed E-state index contributed by atoms with van der Waals surface area (Å²) in [6.45, 7) is 0. The molecule has 148 valence electrons. The molecule has 0 aliphatic heterocycles. The summed E-state index contributed by atoms with van der Waals surface area (Å²) in [5.41, 5.74) is 0. The zero-order valence-electron chi connectivity index (χ0n) is 14.4. The van der Waals surface area contributed by atoms with Crippen molar-refractivity contribution in [3.05, 3.63) is 71.1 Å². The molecule has 0 fully saturated rings. The van der Waals surface area contributed by atoms with E-state index in [1.165, 1.54) is 48.0 Å². The number of thiophene rings is 1. The average Bonchev–Trinajstić information content (AvgIpc) is 3.14.